The lowest BCUT2D eigenvalue weighted by Gasteiger charge is -2.27. The van der Waals surface area contributed by atoms with Crippen LogP contribution in [0.2, 0.25) is 0 Å². The second kappa shape index (κ2) is 9.05. The summed E-state index contributed by atoms with van der Waals surface area (Å²) in [5.74, 6) is 0.657. The van der Waals surface area contributed by atoms with Crippen molar-refractivity contribution < 1.29 is 9.18 Å². The highest BCUT2D eigenvalue weighted by Crippen LogP contribution is 2.22. The molecule has 0 aliphatic heterocycles. The Morgan fingerprint density at radius 1 is 1.23 bits per heavy atom. The molecule has 158 valence electrons. The minimum absolute atomic E-state index is 0.221. The smallest absolute Gasteiger partial charge is 0.248 e. The van der Waals surface area contributed by atoms with E-state index in [2.05, 4.69) is 25.5 Å². The summed E-state index contributed by atoms with van der Waals surface area (Å²) in [6.07, 6.45) is 2.11. The molecule has 0 saturated carbocycles. The van der Waals surface area contributed by atoms with E-state index < -0.39 is 6.04 Å². The van der Waals surface area contributed by atoms with Gasteiger partial charge in [-0.3, -0.25) is 14.9 Å². The maximum Gasteiger partial charge on any atom is 0.248 e. The van der Waals surface area contributed by atoms with E-state index in [9.17, 15) is 9.18 Å². The lowest BCUT2D eigenvalue weighted by atomic mass is 10.0. The molecule has 4 rings (SSSR count). The number of benzene rings is 1. The number of thiazole rings is 1. The van der Waals surface area contributed by atoms with Crippen LogP contribution in [0.4, 0.5) is 16.0 Å². The van der Waals surface area contributed by atoms with E-state index in [4.69, 9.17) is 0 Å². The van der Waals surface area contributed by atoms with Gasteiger partial charge in [0.1, 0.15) is 23.5 Å². The van der Waals surface area contributed by atoms with Crippen LogP contribution in [0, 0.1) is 12.7 Å². The first-order chi connectivity index (χ1) is 15.0. The predicted octanol–water partition coefficient (Wildman–Crippen LogP) is 4.06. The lowest BCUT2D eigenvalue weighted by molar-refractivity contribution is -0.117. The Bertz CT molecular complexity index is 1160. The Kier molecular flexibility index (Phi) is 6.03. The number of pyridine rings is 1. The van der Waals surface area contributed by atoms with Crippen LogP contribution in [0.1, 0.15) is 11.3 Å². The number of likely N-dealkylation sites (N-methyl/N-ethyl adjacent to an activating group) is 1. The number of hydrogen-bond acceptors (Lipinski definition) is 6. The van der Waals surface area contributed by atoms with Crippen LogP contribution in [0.3, 0.4) is 0 Å². The molecule has 7 nitrogen and oxygen atoms in total. The summed E-state index contributed by atoms with van der Waals surface area (Å²) >= 11 is 1.46. The molecule has 4 aromatic rings. The van der Waals surface area contributed by atoms with Gasteiger partial charge in [0.25, 0.3) is 0 Å². The van der Waals surface area contributed by atoms with Crippen molar-refractivity contribution in [2.75, 3.05) is 17.3 Å². The van der Waals surface area contributed by atoms with Gasteiger partial charge in [-0.05, 0) is 36.8 Å². The van der Waals surface area contributed by atoms with Crippen molar-refractivity contribution in [2.45, 2.75) is 19.4 Å². The van der Waals surface area contributed by atoms with Crippen LogP contribution in [-0.4, -0.2) is 39.2 Å². The largest absolute Gasteiger partial charge is 0.347 e. The molecule has 0 spiro atoms. The van der Waals surface area contributed by atoms with Gasteiger partial charge in [-0.15, -0.1) is 11.3 Å². The summed E-state index contributed by atoms with van der Waals surface area (Å²) in [7, 11) is 1.82. The van der Waals surface area contributed by atoms with Crippen molar-refractivity contribution in [2.24, 2.45) is 0 Å². The van der Waals surface area contributed by atoms with Gasteiger partial charge in [0, 0.05) is 42.4 Å². The Labute approximate surface area is 183 Å². The molecule has 0 bridgehead atoms. The highest BCUT2D eigenvalue weighted by Gasteiger charge is 2.26. The van der Waals surface area contributed by atoms with Crippen molar-refractivity contribution in [3.05, 3.63) is 76.6 Å². The topological polar surface area (TPSA) is 86.8 Å². The number of aromatic amines is 1. The lowest BCUT2D eigenvalue weighted by Crippen LogP contribution is -2.44. The molecule has 0 radical (unpaired) electrons. The summed E-state index contributed by atoms with van der Waals surface area (Å²) in [6, 6.07) is 11.2. The fraction of sp³-hybridized carbons (Fsp3) is 0.182. The fourth-order valence-corrected chi connectivity index (χ4v) is 3.82. The molecular weight excluding hydrogens is 415 g/mol. The quantitative estimate of drug-likeness (QED) is 0.456. The Morgan fingerprint density at radius 3 is 2.74 bits per heavy atom. The van der Waals surface area contributed by atoms with E-state index in [0.29, 0.717) is 23.8 Å². The molecule has 2 N–H and O–H groups in total. The highest BCUT2D eigenvalue weighted by atomic mass is 32.1. The van der Waals surface area contributed by atoms with E-state index >= 15 is 0 Å². The Hall–Kier alpha value is -3.59. The number of carbonyl (C=O) groups excluding carboxylic acids is 1. The van der Waals surface area contributed by atoms with Crippen molar-refractivity contribution >= 4 is 28.9 Å². The third-order valence-electron chi connectivity index (χ3n) is 4.92. The Morgan fingerprint density at radius 2 is 2.03 bits per heavy atom. The molecule has 0 aliphatic carbocycles. The number of halogens is 1. The standard InChI is InChI=1S/C22H21FN6OS/c1-14-9-16(7-8-24-14)18-11-20(28-27-18)26-22(30)19(29(2)21-12-31-13-25-21)10-15-3-5-17(23)6-4-15/h3-9,11-13,19H,10H2,1-2H3,(H2,26,27,28,30)/t19-/m0/s1. The van der Waals surface area contributed by atoms with Crippen molar-refractivity contribution in [3.63, 3.8) is 0 Å². The minimum Gasteiger partial charge on any atom is -0.347 e. The van der Waals surface area contributed by atoms with Gasteiger partial charge in [0.2, 0.25) is 5.91 Å². The average Bonchev–Trinajstić information content (AvgIpc) is 3.45. The first-order valence-corrected chi connectivity index (χ1v) is 10.6. The fourth-order valence-electron chi connectivity index (χ4n) is 3.24. The molecule has 31 heavy (non-hydrogen) atoms. The summed E-state index contributed by atoms with van der Waals surface area (Å²) in [4.78, 5) is 23.5. The van der Waals surface area contributed by atoms with E-state index in [-0.39, 0.29) is 11.7 Å². The highest BCUT2D eigenvalue weighted by molar-refractivity contribution is 7.07. The van der Waals surface area contributed by atoms with Gasteiger partial charge in [0.05, 0.1) is 11.2 Å². The van der Waals surface area contributed by atoms with Gasteiger partial charge in [-0.1, -0.05) is 12.1 Å². The molecule has 1 atom stereocenters. The normalized spacial score (nSPS) is 11.8. The van der Waals surface area contributed by atoms with E-state index in [0.717, 1.165) is 16.8 Å². The third kappa shape index (κ3) is 4.95. The molecule has 3 heterocycles. The maximum atomic E-state index is 13.3. The molecule has 0 fully saturated rings. The van der Waals surface area contributed by atoms with Crippen LogP contribution in [0.15, 0.2) is 59.6 Å². The molecule has 1 amide bonds. The second-order valence-electron chi connectivity index (χ2n) is 7.15. The van der Waals surface area contributed by atoms with Crippen molar-refractivity contribution in [1.82, 2.24) is 20.2 Å². The minimum atomic E-state index is -0.553. The molecule has 1 aromatic carbocycles. The number of H-pyrrole nitrogens is 1. The maximum absolute atomic E-state index is 13.3. The number of hydrogen-bond donors (Lipinski definition) is 2. The summed E-state index contributed by atoms with van der Waals surface area (Å²) in [5.41, 5.74) is 5.07. The molecule has 0 saturated heterocycles. The van der Waals surface area contributed by atoms with Crippen LogP contribution in [-0.2, 0) is 11.2 Å². The van der Waals surface area contributed by atoms with E-state index in [1.54, 1.807) is 29.9 Å². The number of aromatic nitrogens is 4. The number of aryl methyl sites for hydroxylation is 1. The summed E-state index contributed by atoms with van der Waals surface area (Å²) in [6.45, 7) is 1.91. The number of anilines is 2. The van der Waals surface area contributed by atoms with Gasteiger partial charge < -0.3 is 10.2 Å². The van der Waals surface area contributed by atoms with Crippen LogP contribution >= 0.6 is 11.3 Å². The molecule has 0 unspecified atom stereocenters. The third-order valence-corrected chi connectivity index (χ3v) is 5.50. The van der Waals surface area contributed by atoms with Crippen molar-refractivity contribution in [1.29, 1.82) is 0 Å². The molecule has 9 heteroatoms. The number of amides is 1. The van der Waals surface area contributed by atoms with Gasteiger partial charge >= 0.3 is 0 Å². The monoisotopic (exact) mass is 436 g/mol. The number of nitrogens with zero attached hydrogens (tertiary/aromatic N) is 4. The summed E-state index contributed by atoms with van der Waals surface area (Å²) < 4.78 is 13.3. The predicted molar refractivity (Wildman–Crippen MR) is 120 cm³/mol. The molecule has 0 aliphatic rings. The number of nitrogens with one attached hydrogen (secondary N) is 2. The first-order valence-electron chi connectivity index (χ1n) is 9.64. The molecule has 3 aromatic heterocycles. The zero-order valence-electron chi connectivity index (χ0n) is 17.0. The van der Waals surface area contributed by atoms with E-state index in [1.807, 2.05) is 36.4 Å². The van der Waals surface area contributed by atoms with Gasteiger partial charge in [-0.25, -0.2) is 9.37 Å². The average molecular weight is 437 g/mol. The van der Waals surface area contributed by atoms with E-state index in [1.165, 1.54) is 23.5 Å². The van der Waals surface area contributed by atoms with Gasteiger partial charge in [0.15, 0.2) is 0 Å². The first kappa shape index (κ1) is 20.7. The van der Waals surface area contributed by atoms with Gasteiger partial charge in [-0.2, -0.15) is 5.10 Å². The van der Waals surface area contributed by atoms with Crippen LogP contribution < -0.4 is 10.2 Å². The SMILES string of the molecule is Cc1cc(-c2cc(NC(=O)[C@H](Cc3ccc(F)cc3)N(C)c3cscn3)[nH]n2)ccn1. The number of carbonyl (C=O) groups is 1. The van der Waals surface area contributed by atoms with Crippen molar-refractivity contribution in [3.8, 4) is 11.3 Å². The second-order valence-corrected chi connectivity index (χ2v) is 7.86. The Balaban J connectivity index is 1.55. The zero-order valence-corrected chi connectivity index (χ0v) is 17.9. The van der Waals surface area contributed by atoms with Crippen LogP contribution in [0.25, 0.3) is 11.3 Å². The summed E-state index contributed by atoms with van der Waals surface area (Å²) in [5, 5.41) is 12.0. The zero-order chi connectivity index (χ0) is 21.8. The number of rotatable bonds is 7. The molecular formula is C22H21FN6OS. The van der Waals surface area contributed by atoms with Crippen LogP contribution in [0.5, 0.6) is 0 Å².